The van der Waals surface area contributed by atoms with E-state index in [9.17, 15) is 0 Å². The lowest BCUT2D eigenvalue weighted by molar-refractivity contribution is 0.335. The molecule has 0 radical (unpaired) electrons. The number of rotatable bonds is 6. The molecular weight excluding hydrogens is 162 g/mol. The molecule has 0 amide bonds. The van der Waals surface area contributed by atoms with Gasteiger partial charge in [0, 0.05) is 12.4 Å². The van der Waals surface area contributed by atoms with Crippen LogP contribution in [-0.2, 0) is 4.43 Å². The quantitative estimate of drug-likeness (QED) is 0.338. The Bertz CT molecular complexity index is 104. The van der Waals surface area contributed by atoms with Crippen molar-refractivity contribution < 1.29 is 4.43 Å². The maximum Gasteiger partial charge on any atom is 0.145 e. The van der Waals surface area contributed by atoms with Gasteiger partial charge in [0.1, 0.15) is 15.9 Å². The largest absolute Gasteiger partial charge is 0.428 e. The first-order chi connectivity index (χ1) is 4.91. The zero-order valence-electron chi connectivity index (χ0n) is 6.30. The lowest BCUT2D eigenvalue weighted by Crippen LogP contribution is -1.89. The summed E-state index contributed by atoms with van der Waals surface area (Å²) in [5.74, 6) is 0.970. The SMILES string of the molecule is N#CSCCCCCO[SiH3]. The molecule has 0 aromatic heterocycles. The van der Waals surface area contributed by atoms with Gasteiger partial charge in [0.15, 0.2) is 0 Å². The second kappa shape index (κ2) is 9.02. The summed E-state index contributed by atoms with van der Waals surface area (Å²) < 4.78 is 5.02. The average molecular weight is 175 g/mol. The van der Waals surface area contributed by atoms with Crippen molar-refractivity contribution in [1.82, 2.24) is 0 Å². The first-order valence-corrected chi connectivity index (χ1v) is 5.22. The van der Waals surface area contributed by atoms with Gasteiger partial charge in [-0.25, -0.2) is 0 Å². The van der Waals surface area contributed by atoms with Gasteiger partial charge in [-0.3, -0.25) is 0 Å². The lowest BCUT2D eigenvalue weighted by Gasteiger charge is -1.96. The Morgan fingerprint density at radius 3 is 2.80 bits per heavy atom. The average Bonchev–Trinajstić information content (AvgIpc) is 1.97. The van der Waals surface area contributed by atoms with Crippen LogP contribution in [0.2, 0.25) is 0 Å². The first-order valence-electron chi connectivity index (χ1n) is 3.41. The summed E-state index contributed by atoms with van der Waals surface area (Å²) in [6, 6.07) is 0. The summed E-state index contributed by atoms with van der Waals surface area (Å²) in [7, 11) is 0.851. The minimum absolute atomic E-state index is 0.851. The van der Waals surface area contributed by atoms with Crippen LogP contribution in [0.4, 0.5) is 0 Å². The van der Waals surface area contributed by atoms with Gasteiger partial charge in [-0.15, -0.1) is 0 Å². The normalized spacial score (nSPS) is 9.50. The van der Waals surface area contributed by atoms with Gasteiger partial charge >= 0.3 is 0 Å². The Kier molecular flexibility index (Phi) is 9.03. The number of thiocyanates is 1. The highest BCUT2D eigenvalue weighted by Crippen LogP contribution is 2.03. The van der Waals surface area contributed by atoms with E-state index in [1.807, 2.05) is 0 Å². The fourth-order valence-electron chi connectivity index (χ4n) is 0.643. The van der Waals surface area contributed by atoms with Crippen LogP contribution in [0.15, 0.2) is 0 Å². The van der Waals surface area contributed by atoms with Gasteiger partial charge in [-0.1, -0.05) is 6.42 Å². The van der Waals surface area contributed by atoms with Gasteiger partial charge in [-0.05, 0) is 24.6 Å². The van der Waals surface area contributed by atoms with Crippen LogP contribution in [0.1, 0.15) is 19.3 Å². The first kappa shape index (κ1) is 10.0. The Morgan fingerprint density at radius 1 is 1.40 bits per heavy atom. The smallest absolute Gasteiger partial charge is 0.145 e. The molecule has 0 atom stereocenters. The molecule has 0 fully saturated rings. The number of unbranched alkanes of at least 4 members (excludes halogenated alkanes) is 2. The summed E-state index contributed by atoms with van der Waals surface area (Å²) in [6.45, 7) is 0.906. The van der Waals surface area contributed by atoms with Gasteiger partial charge in [0.2, 0.25) is 0 Å². The van der Waals surface area contributed by atoms with Gasteiger partial charge in [-0.2, -0.15) is 5.26 Å². The van der Waals surface area contributed by atoms with Gasteiger partial charge < -0.3 is 4.43 Å². The molecule has 0 saturated heterocycles. The van der Waals surface area contributed by atoms with Crippen LogP contribution < -0.4 is 0 Å². The Labute approximate surface area is 69.5 Å². The standard InChI is InChI=1S/C6H13NOSSi/c7-6-9-5-3-1-2-4-8-10/h1-5H2,10H3. The van der Waals surface area contributed by atoms with E-state index in [-0.39, 0.29) is 0 Å². The molecule has 0 aliphatic rings. The van der Waals surface area contributed by atoms with E-state index in [4.69, 9.17) is 9.69 Å². The Balaban J connectivity index is 2.72. The topological polar surface area (TPSA) is 33.0 Å². The Hall–Kier alpha value is 0.0169. The molecule has 0 aliphatic carbocycles. The van der Waals surface area contributed by atoms with E-state index in [2.05, 4.69) is 5.40 Å². The van der Waals surface area contributed by atoms with Crippen molar-refractivity contribution in [1.29, 1.82) is 5.26 Å². The van der Waals surface area contributed by atoms with Crippen molar-refractivity contribution in [3.8, 4) is 5.40 Å². The van der Waals surface area contributed by atoms with E-state index >= 15 is 0 Å². The summed E-state index contributed by atoms with van der Waals surface area (Å²) in [5.41, 5.74) is 0. The van der Waals surface area contributed by atoms with Crippen molar-refractivity contribution in [3.63, 3.8) is 0 Å². The van der Waals surface area contributed by atoms with Crippen molar-refractivity contribution >= 4 is 22.2 Å². The third-order valence-electron chi connectivity index (χ3n) is 1.16. The van der Waals surface area contributed by atoms with Crippen LogP contribution >= 0.6 is 11.8 Å². The number of hydrogen-bond donors (Lipinski definition) is 0. The highest BCUT2D eigenvalue weighted by Gasteiger charge is 1.87. The number of hydrogen-bond acceptors (Lipinski definition) is 3. The van der Waals surface area contributed by atoms with Crippen molar-refractivity contribution in [2.75, 3.05) is 12.4 Å². The number of nitriles is 1. The zero-order chi connectivity index (χ0) is 7.66. The predicted octanol–water partition coefficient (Wildman–Crippen LogP) is 0.668. The second-order valence-corrected chi connectivity index (χ2v) is 3.45. The zero-order valence-corrected chi connectivity index (χ0v) is 9.12. The van der Waals surface area contributed by atoms with Crippen LogP contribution in [0.25, 0.3) is 0 Å². The highest BCUT2D eigenvalue weighted by atomic mass is 32.2. The minimum atomic E-state index is 0.851. The van der Waals surface area contributed by atoms with E-state index in [1.54, 1.807) is 0 Å². The third kappa shape index (κ3) is 8.02. The molecule has 4 heteroatoms. The van der Waals surface area contributed by atoms with Crippen molar-refractivity contribution in [2.24, 2.45) is 0 Å². The monoisotopic (exact) mass is 175 g/mol. The summed E-state index contributed by atoms with van der Waals surface area (Å²) in [6.07, 6.45) is 3.48. The molecule has 0 N–H and O–H groups in total. The van der Waals surface area contributed by atoms with E-state index in [1.165, 1.54) is 18.2 Å². The fourth-order valence-corrected chi connectivity index (χ4v) is 1.37. The van der Waals surface area contributed by atoms with Crippen molar-refractivity contribution in [2.45, 2.75) is 19.3 Å². The van der Waals surface area contributed by atoms with E-state index in [0.29, 0.717) is 0 Å². The molecule has 0 aliphatic heterocycles. The molecule has 0 heterocycles. The summed E-state index contributed by atoms with van der Waals surface area (Å²) >= 11 is 1.34. The summed E-state index contributed by atoms with van der Waals surface area (Å²) in [4.78, 5) is 0. The molecule has 0 unspecified atom stereocenters. The minimum Gasteiger partial charge on any atom is -0.428 e. The van der Waals surface area contributed by atoms with Gasteiger partial charge in [0.25, 0.3) is 0 Å². The van der Waals surface area contributed by atoms with E-state index in [0.717, 1.165) is 35.7 Å². The van der Waals surface area contributed by atoms with Crippen LogP contribution in [0, 0.1) is 10.7 Å². The van der Waals surface area contributed by atoms with Crippen LogP contribution in [0.3, 0.4) is 0 Å². The van der Waals surface area contributed by atoms with Crippen LogP contribution in [0.5, 0.6) is 0 Å². The Morgan fingerprint density at radius 2 is 2.20 bits per heavy atom. The predicted molar refractivity (Wildman–Crippen MR) is 47.8 cm³/mol. The molecule has 58 valence electrons. The maximum absolute atomic E-state index is 8.16. The molecule has 0 saturated carbocycles. The molecule has 0 rings (SSSR count). The lowest BCUT2D eigenvalue weighted by atomic mass is 10.3. The molecule has 0 aromatic carbocycles. The fraction of sp³-hybridized carbons (Fsp3) is 0.833. The highest BCUT2D eigenvalue weighted by molar-refractivity contribution is 8.03. The number of thioether (sulfide) groups is 1. The maximum atomic E-state index is 8.16. The molecule has 10 heavy (non-hydrogen) atoms. The molecular formula is C6H13NOSSi. The number of nitrogens with zero attached hydrogens (tertiary/aromatic N) is 1. The van der Waals surface area contributed by atoms with Crippen molar-refractivity contribution in [3.05, 3.63) is 0 Å². The second-order valence-electron chi connectivity index (χ2n) is 1.99. The molecule has 0 spiro atoms. The van der Waals surface area contributed by atoms with Gasteiger partial charge in [0.05, 0.1) is 0 Å². The molecule has 0 aromatic rings. The molecule has 2 nitrogen and oxygen atoms in total. The van der Waals surface area contributed by atoms with E-state index < -0.39 is 0 Å². The summed E-state index contributed by atoms with van der Waals surface area (Å²) in [5, 5.41) is 10.2. The van der Waals surface area contributed by atoms with Crippen LogP contribution in [-0.4, -0.2) is 22.8 Å². The third-order valence-corrected chi connectivity index (χ3v) is 2.19. The molecule has 0 bridgehead atoms.